The first-order valence-electron chi connectivity index (χ1n) is 8.30. The standard InChI is InChI=1S/C18H17N5O2S/c1-2-23(10-15-21-17(25)12-7-8-26-18(12)22-15)9-14-19-13-6-4-3-5-11(13)16(24)20-14/h3-8H,2,9-10H2,1H3,(H,19,20,24)(H,21,22,25). The van der Waals surface area contributed by atoms with E-state index in [9.17, 15) is 9.59 Å². The fourth-order valence-corrected chi connectivity index (χ4v) is 3.68. The van der Waals surface area contributed by atoms with Crippen molar-refractivity contribution in [1.29, 1.82) is 0 Å². The monoisotopic (exact) mass is 367 g/mol. The van der Waals surface area contributed by atoms with Crippen LogP contribution in [0.2, 0.25) is 0 Å². The maximum absolute atomic E-state index is 12.2. The molecule has 4 aromatic rings. The van der Waals surface area contributed by atoms with Crippen LogP contribution in [0.3, 0.4) is 0 Å². The topological polar surface area (TPSA) is 94.7 Å². The average Bonchev–Trinajstić information content (AvgIpc) is 3.10. The van der Waals surface area contributed by atoms with Crippen LogP contribution in [-0.2, 0) is 13.1 Å². The molecule has 0 fully saturated rings. The number of aromatic amines is 2. The Morgan fingerprint density at radius 1 is 0.962 bits per heavy atom. The van der Waals surface area contributed by atoms with Crippen LogP contribution < -0.4 is 11.1 Å². The summed E-state index contributed by atoms with van der Waals surface area (Å²) in [5.41, 5.74) is 0.404. The number of aromatic nitrogens is 4. The second-order valence-corrected chi connectivity index (χ2v) is 6.88. The minimum absolute atomic E-state index is 0.125. The molecule has 7 nitrogen and oxygen atoms in total. The van der Waals surface area contributed by atoms with E-state index < -0.39 is 0 Å². The van der Waals surface area contributed by atoms with Gasteiger partial charge in [0, 0.05) is 0 Å². The highest BCUT2D eigenvalue weighted by Crippen LogP contribution is 2.15. The van der Waals surface area contributed by atoms with E-state index in [-0.39, 0.29) is 11.1 Å². The van der Waals surface area contributed by atoms with Gasteiger partial charge in [0.1, 0.15) is 16.5 Å². The van der Waals surface area contributed by atoms with Crippen molar-refractivity contribution in [2.24, 2.45) is 0 Å². The van der Waals surface area contributed by atoms with Crippen molar-refractivity contribution in [1.82, 2.24) is 24.8 Å². The van der Waals surface area contributed by atoms with E-state index in [1.54, 1.807) is 12.1 Å². The van der Waals surface area contributed by atoms with Crippen LogP contribution in [0, 0.1) is 0 Å². The predicted octanol–water partition coefficient (Wildman–Crippen LogP) is 2.24. The van der Waals surface area contributed by atoms with Crippen LogP contribution in [0.5, 0.6) is 0 Å². The summed E-state index contributed by atoms with van der Waals surface area (Å²) in [5.74, 6) is 1.20. The molecule has 0 atom stereocenters. The number of hydrogen-bond donors (Lipinski definition) is 2. The fraction of sp³-hybridized carbons (Fsp3) is 0.222. The number of benzene rings is 1. The third-order valence-corrected chi connectivity index (χ3v) is 5.05. The number of H-pyrrole nitrogens is 2. The van der Waals surface area contributed by atoms with Crippen LogP contribution in [0.25, 0.3) is 21.1 Å². The van der Waals surface area contributed by atoms with E-state index in [1.807, 2.05) is 30.5 Å². The quantitative estimate of drug-likeness (QED) is 0.564. The molecule has 0 spiro atoms. The molecule has 8 heteroatoms. The average molecular weight is 367 g/mol. The van der Waals surface area contributed by atoms with Crippen molar-refractivity contribution in [3.8, 4) is 0 Å². The van der Waals surface area contributed by atoms with Crippen molar-refractivity contribution < 1.29 is 0 Å². The second-order valence-electron chi connectivity index (χ2n) is 5.99. The molecule has 0 aliphatic carbocycles. The van der Waals surface area contributed by atoms with E-state index in [1.165, 1.54) is 11.3 Å². The van der Waals surface area contributed by atoms with Gasteiger partial charge in [-0.05, 0) is 30.1 Å². The molecule has 0 radical (unpaired) electrons. The molecule has 0 bridgehead atoms. The van der Waals surface area contributed by atoms with Crippen LogP contribution in [0.15, 0.2) is 45.3 Å². The van der Waals surface area contributed by atoms with Crippen molar-refractivity contribution in [3.63, 3.8) is 0 Å². The molecule has 4 rings (SSSR count). The first-order valence-corrected chi connectivity index (χ1v) is 9.18. The lowest BCUT2D eigenvalue weighted by atomic mass is 10.2. The van der Waals surface area contributed by atoms with Crippen LogP contribution in [-0.4, -0.2) is 31.4 Å². The van der Waals surface area contributed by atoms with Crippen molar-refractivity contribution in [3.05, 3.63) is 68.1 Å². The number of nitrogens with one attached hydrogen (secondary N) is 2. The summed E-state index contributed by atoms with van der Waals surface area (Å²) in [7, 11) is 0. The fourth-order valence-electron chi connectivity index (χ4n) is 2.90. The van der Waals surface area contributed by atoms with Crippen LogP contribution in [0.4, 0.5) is 0 Å². The number of thiophene rings is 1. The summed E-state index contributed by atoms with van der Waals surface area (Å²) < 4.78 is 0. The lowest BCUT2D eigenvalue weighted by molar-refractivity contribution is 0.258. The molecule has 0 amide bonds. The Hall–Kier alpha value is -2.84. The summed E-state index contributed by atoms with van der Waals surface area (Å²) in [6.07, 6.45) is 0. The number of para-hydroxylation sites is 1. The molecule has 132 valence electrons. The zero-order chi connectivity index (χ0) is 18.1. The van der Waals surface area contributed by atoms with Crippen LogP contribution in [0.1, 0.15) is 18.6 Å². The summed E-state index contributed by atoms with van der Waals surface area (Å²) in [6.45, 7) is 3.67. The minimum atomic E-state index is -0.145. The van der Waals surface area contributed by atoms with Gasteiger partial charge in [-0.25, -0.2) is 9.97 Å². The smallest absolute Gasteiger partial charge is 0.259 e. The number of fused-ring (bicyclic) bond motifs is 2. The van der Waals surface area contributed by atoms with Gasteiger partial charge in [-0.15, -0.1) is 11.3 Å². The molecule has 2 N–H and O–H groups in total. The Morgan fingerprint density at radius 2 is 1.65 bits per heavy atom. The SMILES string of the molecule is CCN(Cc1nc2ccccc2c(=O)[nH]1)Cc1nc2sccc2c(=O)[nH]1. The molecule has 1 aromatic carbocycles. The lowest BCUT2D eigenvalue weighted by Gasteiger charge is -2.19. The summed E-state index contributed by atoms with van der Waals surface area (Å²) >= 11 is 1.45. The van der Waals surface area contributed by atoms with E-state index >= 15 is 0 Å². The summed E-state index contributed by atoms with van der Waals surface area (Å²) in [6, 6.07) is 9.04. The Bertz CT molecular complexity index is 1190. The Morgan fingerprint density at radius 3 is 2.42 bits per heavy atom. The number of nitrogens with zero attached hydrogens (tertiary/aromatic N) is 3. The summed E-state index contributed by atoms with van der Waals surface area (Å²) in [5, 5.41) is 3.05. The Balaban J connectivity index is 1.61. The maximum Gasteiger partial charge on any atom is 0.259 e. The van der Waals surface area contributed by atoms with Gasteiger partial charge in [0.05, 0.1) is 29.4 Å². The summed E-state index contributed by atoms with van der Waals surface area (Å²) in [4.78, 5) is 41.9. The third kappa shape index (κ3) is 3.16. The molecule has 26 heavy (non-hydrogen) atoms. The van der Waals surface area contributed by atoms with E-state index in [0.717, 1.165) is 11.4 Å². The Labute approximate surface area is 152 Å². The van der Waals surface area contributed by atoms with E-state index in [0.29, 0.717) is 41.0 Å². The van der Waals surface area contributed by atoms with Crippen molar-refractivity contribution in [2.75, 3.05) is 6.54 Å². The van der Waals surface area contributed by atoms with E-state index in [2.05, 4.69) is 24.8 Å². The lowest BCUT2D eigenvalue weighted by Crippen LogP contribution is -2.27. The molecular formula is C18H17N5O2S. The molecule has 0 unspecified atom stereocenters. The third-order valence-electron chi connectivity index (χ3n) is 4.24. The van der Waals surface area contributed by atoms with Gasteiger partial charge < -0.3 is 9.97 Å². The van der Waals surface area contributed by atoms with Gasteiger partial charge in [0.15, 0.2) is 0 Å². The molecular weight excluding hydrogens is 350 g/mol. The maximum atomic E-state index is 12.2. The van der Waals surface area contributed by atoms with Crippen molar-refractivity contribution in [2.45, 2.75) is 20.0 Å². The van der Waals surface area contributed by atoms with Gasteiger partial charge in [-0.3, -0.25) is 14.5 Å². The molecule has 3 aromatic heterocycles. The highest BCUT2D eigenvalue weighted by Gasteiger charge is 2.12. The predicted molar refractivity (Wildman–Crippen MR) is 102 cm³/mol. The highest BCUT2D eigenvalue weighted by atomic mass is 32.1. The van der Waals surface area contributed by atoms with Crippen LogP contribution >= 0.6 is 11.3 Å². The first kappa shape index (κ1) is 16.6. The molecule has 0 aliphatic heterocycles. The molecule has 0 aliphatic rings. The molecule has 0 saturated heterocycles. The molecule has 3 heterocycles. The first-order chi connectivity index (χ1) is 12.6. The van der Waals surface area contributed by atoms with Gasteiger partial charge in [-0.1, -0.05) is 19.1 Å². The minimum Gasteiger partial charge on any atom is -0.309 e. The zero-order valence-corrected chi connectivity index (χ0v) is 15.0. The van der Waals surface area contributed by atoms with Gasteiger partial charge >= 0.3 is 0 Å². The molecule has 0 saturated carbocycles. The largest absolute Gasteiger partial charge is 0.309 e. The van der Waals surface area contributed by atoms with Gasteiger partial charge in [0.25, 0.3) is 11.1 Å². The zero-order valence-electron chi connectivity index (χ0n) is 14.2. The number of rotatable bonds is 5. The van der Waals surface area contributed by atoms with Gasteiger partial charge in [-0.2, -0.15) is 0 Å². The Kier molecular flexibility index (Phi) is 4.36. The normalized spacial score (nSPS) is 11.6. The van der Waals surface area contributed by atoms with Gasteiger partial charge in [0.2, 0.25) is 0 Å². The highest BCUT2D eigenvalue weighted by molar-refractivity contribution is 7.16. The van der Waals surface area contributed by atoms with E-state index in [4.69, 9.17) is 0 Å². The van der Waals surface area contributed by atoms with Crippen molar-refractivity contribution >= 4 is 32.5 Å². The second kappa shape index (κ2) is 6.81. The number of hydrogen-bond acceptors (Lipinski definition) is 6.